The van der Waals surface area contributed by atoms with Crippen LogP contribution in [0.5, 0.6) is 5.75 Å². The molecule has 0 radical (unpaired) electrons. The van der Waals surface area contributed by atoms with Crippen molar-refractivity contribution in [2.75, 3.05) is 6.54 Å². The molecule has 3 amide bonds. The Hall–Kier alpha value is -3.18. The number of phenols is 1. The maximum atomic E-state index is 12.3. The van der Waals surface area contributed by atoms with Crippen LogP contribution in [0.15, 0.2) is 24.3 Å². The van der Waals surface area contributed by atoms with Gasteiger partial charge in [-0.2, -0.15) is 0 Å². The zero-order valence-corrected chi connectivity index (χ0v) is 16.1. The first-order valence-electron chi connectivity index (χ1n) is 8.83. The van der Waals surface area contributed by atoms with Crippen molar-refractivity contribution < 1.29 is 34.5 Å². The Kier molecular flexibility index (Phi) is 9.03. The summed E-state index contributed by atoms with van der Waals surface area (Å²) in [6, 6.07) is 2.72. The lowest BCUT2D eigenvalue weighted by Crippen LogP contribution is -2.58. The van der Waals surface area contributed by atoms with Crippen molar-refractivity contribution in [3.63, 3.8) is 0 Å². The molecule has 0 fully saturated rings. The number of hydrogen-bond donors (Lipinski definition) is 7. The maximum absolute atomic E-state index is 12.3. The fraction of sp³-hybridized carbons (Fsp3) is 0.444. The molecule has 0 saturated heterocycles. The zero-order valence-electron chi connectivity index (χ0n) is 16.1. The van der Waals surface area contributed by atoms with E-state index >= 15 is 0 Å². The van der Waals surface area contributed by atoms with Gasteiger partial charge in [0.05, 0.1) is 12.1 Å². The molecule has 0 aliphatic rings. The third-order valence-electron chi connectivity index (χ3n) is 3.96. The fourth-order valence-corrected chi connectivity index (χ4v) is 2.32. The lowest BCUT2D eigenvalue weighted by Gasteiger charge is -2.23. The molecule has 0 aliphatic heterocycles. The third kappa shape index (κ3) is 8.15. The second-order valence-electron chi connectivity index (χ2n) is 6.55. The van der Waals surface area contributed by atoms with Crippen LogP contribution in [0.25, 0.3) is 0 Å². The van der Waals surface area contributed by atoms with Gasteiger partial charge in [-0.3, -0.25) is 19.2 Å². The smallest absolute Gasteiger partial charge is 0.322 e. The first kappa shape index (κ1) is 23.9. The van der Waals surface area contributed by atoms with Gasteiger partial charge in [0.25, 0.3) is 0 Å². The number of amides is 3. The highest BCUT2D eigenvalue weighted by atomic mass is 16.4. The third-order valence-corrected chi connectivity index (χ3v) is 3.96. The van der Waals surface area contributed by atoms with Crippen LogP contribution in [0, 0.1) is 0 Å². The minimum atomic E-state index is -1.40. The largest absolute Gasteiger partial charge is 0.508 e. The predicted octanol–water partition coefficient (Wildman–Crippen LogP) is -2.17. The summed E-state index contributed by atoms with van der Waals surface area (Å²) in [4.78, 5) is 46.9. The standard InChI is InChI=1S/C18H26N4O7/c1-9(16(27)22-15(10(2)23)18(29)20-8-14(25)26)21-17(28)13(19)7-11-3-5-12(24)6-4-11/h3-6,9-10,13,15,23-24H,7-8,19H2,1-2H3,(H,20,29)(H,21,28)(H,22,27)(H,25,26). The van der Waals surface area contributed by atoms with E-state index in [1.165, 1.54) is 26.0 Å². The minimum absolute atomic E-state index is 0.0807. The lowest BCUT2D eigenvalue weighted by molar-refractivity contribution is -0.139. The highest BCUT2D eigenvalue weighted by molar-refractivity contribution is 5.93. The van der Waals surface area contributed by atoms with Gasteiger partial charge in [0.1, 0.15) is 24.4 Å². The normalized spacial score (nSPS) is 14.8. The number of carboxylic acid groups (broad SMARTS) is 1. The molecule has 0 bridgehead atoms. The number of aliphatic carboxylic acids is 1. The quantitative estimate of drug-likeness (QED) is 0.227. The van der Waals surface area contributed by atoms with Crippen molar-refractivity contribution in [1.82, 2.24) is 16.0 Å². The van der Waals surface area contributed by atoms with E-state index in [0.717, 1.165) is 0 Å². The molecule has 11 heteroatoms. The van der Waals surface area contributed by atoms with Gasteiger partial charge in [-0.15, -0.1) is 0 Å². The average molecular weight is 410 g/mol. The van der Waals surface area contributed by atoms with Crippen LogP contribution in [-0.2, 0) is 25.6 Å². The van der Waals surface area contributed by atoms with Crippen LogP contribution in [0.4, 0.5) is 0 Å². The van der Waals surface area contributed by atoms with Crippen molar-refractivity contribution in [1.29, 1.82) is 0 Å². The van der Waals surface area contributed by atoms with Gasteiger partial charge < -0.3 is 37.0 Å². The molecule has 160 valence electrons. The van der Waals surface area contributed by atoms with Crippen molar-refractivity contribution >= 4 is 23.7 Å². The van der Waals surface area contributed by atoms with Crippen molar-refractivity contribution in [2.24, 2.45) is 5.73 Å². The van der Waals surface area contributed by atoms with E-state index in [1.54, 1.807) is 12.1 Å². The average Bonchev–Trinajstić information content (AvgIpc) is 2.65. The Balaban J connectivity index is 2.61. The van der Waals surface area contributed by atoms with Gasteiger partial charge in [-0.1, -0.05) is 12.1 Å². The number of rotatable bonds is 10. The highest BCUT2D eigenvalue weighted by Crippen LogP contribution is 2.11. The highest BCUT2D eigenvalue weighted by Gasteiger charge is 2.28. The molecule has 11 nitrogen and oxygen atoms in total. The number of carbonyl (C=O) groups is 4. The van der Waals surface area contributed by atoms with Crippen molar-refractivity contribution in [2.45, 2.75) is 44.5 Å². The van der Waals surface area contributed by atoms with E-state index in [9.17, 15) is 29.4 Å². The van der Waals surface area contributed by atoms with E-state index < -0.39 is 54.5 Å². The Morgan fingerprint density at radius 3 is 2.10 bits per heavy atom. The minimum Gasteiger partial charge on any atom is -0.508 e. The molecular weight excluding hydrogens is 384 g/mol. The van der Waals surface area contributed by atoms with Crippen LogP contribution in [-0.4, -0.2) is 69.8 Å². The molecule has 1 rings (SSSR count). The summed E-state index contributed by atoms with van der Waals surface area (Å²) in [6.45, 7) is 1.95. The number of nitrogens with two attached hydrogens (primary N) is 1. The van der Waals surface area contributed by atoms with Crippen molar-refractivity contribution in [3.05, 3.63) is 29.8 Å². The summed E-state index contributed by atoms with van der Waals surface area (Å²) >= 11 is 0. The molecule has 8 N–H and O–H groups in total. The predicted molar refractivity (Wildman–Crippen MR) is 102 cm³/mol. The second-order valence-corrected chi connectivity index (χ2v) is 6.55. The van der Waals surface area contributed by atoms with E-state index in [1.807, 2.05) is 0 Å². The first-order valence-corrected chi connectivity index (χ1v) is 8.83. The number of nitrogens with one attached hydrogen (secondary N) is 3. The van der Waals surface area contributed by atoms with E-state index in [0.29, 0.717) is 5.56 Å². The van der Waals surface area contributed by atoms with Crippen molar-refractivity contribution in [3.8, 4) is 5.75 Å². The molecule has 0 spiro atoms. The molecule has 4 atom stereocenters. The van der Waals surface area contributed by atoms with E-state index in [2.05, 4.69) is 16.0 Å². The Morgan fingerprint density at radius 2 is 1.59 bits per heavy atom. The zero-order chi connectivity index (χ0) is 22.1. The number of carboxylic acids is 1. The number of aliphatic hydroxyl groups excluding tert-OH is 1. The number of hydrogen-bond acceptors (Lipinski definition) is 7. The maximum Gasteiger partial charge on any atom is 0.322 e. The number of benzene rings is 1. The Morgan fingerprint density at radius 1 is 1.00 bits per heavy atom. The molecule has 29 heavy (non-hydrogen) atoms. The monoisotopic (exact) mass is 410 g/mol. The Bertz CT molecular complexity index is 736. The van der Waals surface area contributed by atoms with Gasteiger partial charge in [-0.05, 0) is 38.0 Å². The SMILES string of the molecule is CC(NC(=O)C(N)Cc1ccc(O)cc1)C(=O)NC(C(=O)NCC(=O)O)C(C)O. The molecule has 1 aromatic carbocycles. The molecule has 0 saturated carbocycles. The van der Waals surface area contributed by atoms with Gasteiger partial charge in [0, 0.05) is 0 Å². The second kappa shape index (κ2) is 11.0. The van der Waals surface area contributed by atoms with Crippen LogP contribution in [0.2, 0.25) is 0 Å². The summed E-state index contributed by atoms with van der Waals surface area (Å²) in [5.74, 6) is -3.44. The van der Waals surface area contributed by atoms with Gasteiger partial charge in [-0.25, -0.2) is 0 Å². The van der Waals surface area contributed by atoms with Crippen LogP contribution < -0.4 is 21.7 Å². The van der Waals surface area contributed by atoms with Gasteiger partial charge in [0.15, 0.2) is 0 Å². The molecule has 4 unspecified atom stereocenters. The first-order chi connectivity index (χ1) is 13.5. The summed E-state index contributed by atoms with van der Waals surface area (Å²) in [5, 5.41) is 34.3. The Labute approximate surface area is 167 Å². The van der Waals surface area contributed by atoms with Crippen LogP contribution in [0.1, 0.15) is 19.4 Å². The van der Waals surface area contributed by atoms with Gasteiger partial charge in [0.2, 0.25) is 17.7 Å². The number of phenolic OH excluding ortho intramolecular Hbond substituents is 1. The van der Waals surface area contributed by atoms with Crippen LogP contribution in [0.3, 0.4) is 0 Å². The molecule has 0 aliphatic carbocycles. The summed E-state index contributed by atoms with van der Waals surface area (Å²) in [6.07, 6.45) is -1.12. The molecule has 0 heterocycles. The molecular formula is C18H26N4O7. The topological polar surface area (TPSA) is 191 Å². The molecule has 1 aromatic rings. The molecule has 0 aromatic heterocycles. The van der Waals surface area contributed by atoms with E-state index in [4.69, 9.17) is 10.8 Å². The summed E-state index contributed by atoms with van der Waals surface area (Å²) in [5.41, 5.74) is 6.55. The summed E-state index contributed by atoms with van der Waals surface area (Å²) < 4.78 is 0. The summed E-state index contributed by atoms with van der Waals surface area (Å²) in [7, 11) is 0. The number of aromatic hydroxyl groups is 1. The van der Waals surface area contributed by atoms with E-state index in [-0.39, 0.29) is 12.2 Å². The lowest BCUT2D eigenvalue weighted by atomic mass is 10.1. The van der Waals surface area contributed by atoms with Crippen LogP contribution >= 0.6 is 0 Å². The van der Waals surface area contributed by atoms with Gasteiger partial charge >= 0.3 is 5.97 Å². The number of carbonyl (C=O) groups excluding carboxylic acids is 3. The number of aliphatic hydroxyl groups is 1. The fourth-order valence-electron chi connectivity index (χ4n) is 2.32.